The predicted molar refractivity (Wildman–Crippen MR) is 88.1 cm³/mol. The third kappa shape index (κ3) is 5.28. The number of hydrogen-bond donors (Lipinski definition) is 0. The van der Waals surface area contributed by atoms with Gasteiger partial charge in [0.25, 0.3) is 0 Å². The smallest absolute Gasteiger partial charge is 0.219 e. The molecule has 1 aromatic rings. The van der Waals surface area contributed by atoms with E-state index in [2.05, 4.69) is 14.9 Å². The Morgan fingerprint density at radius 3 is 2.26 bits per heavy atom. The first kappa shape index (κ1) is 17.3. The van der Waals surface area contributed by atoms with Crippen molar-refractivity contribution in [2.24, 2.45) is 0 Å². The molecule has 1 saturated heterocycles. The summed E-state index contributed by atoms with van der Waals surface area (Å²) >= 11 is 0. The molecule has 1 aromatic heterocycles. The first-order valence-corrected chi connectivity index (χ1v) is 7.95. The monoisotopic (exact) mass is 319 g/mol. The van der Waals surface area contributed by atoms with Crippen molar-refractivity contribution in [3.05, 3.63) is 18.2 Å². The van der Waals surface area contributed by atoms with Gasteiger partial charge in [0, 0.05) is 46.1 Å². The highest BCUT2D eigenvalue weighted by molar-refractivity contribution is 5.75. The summed E-state index contributed by atoms with van der Waals surface area (Å²) in [5.74, 6) is 1.07. The molecule has 0 spiro atoms. The van der Waals surface area contributed by atoms with Crippen molar-refractivity contribution in [3.8, 4) is 0 Å². The summed E-state index contributed by atoms with van der Waals surface area (Å²) in [6.45, 7) is 7.65. The summed E-state index contributed by atoms with van der Waals surface area (Å²) in [6, 6.07) is 0. The molecule has 0 N–H and O–H groups in total. The Hall–Kier alpha value is -2.02. The third-order valence-corrected chi connectivity index (χ3v) is 4.04. The van der Waals surface area contributed by atoms with E-state index >= 15 is 0 Å². The number of amides is 1. The van der Waals surface area contributed by atoms with Gasteiger partial charge in [-0.2, -0.15) is 0 Å². The third-order valence-electron chi connectivity index (χ3n) is 4.04. The minimum atomic E-state index is 0.129. The molecule has 0 unspecified atom stereocenters. The van der Waals surface area contributed by atoms with Crippen LogP contribution in [0.2, 0.25) is 0 Å². The largest absolute Gasteiger partial charge is 0.365 e. The second-order valence-electron chi connectivity index (χ2n) is 6.04. The van der Waals surface area contributed by atoms with Gasteiger partial charge in [-0.15, -0.1) is 0 Å². The van der Waals surface area contributed by atoms with E-state index in [4.69, 9.17) is 0 Å². The molecule has 1 aliphatic heterocycles. The number of aromatic nitrogens is 2. The van der Waals surface area contributed by atoms with Gasteiger partial charge >= 0.3 is 0 Å². The first-order valence-electron chi connectivity index (χ1n) is 7.95. The number of carbonyl (C=O) groups is 2. The van der Waals surface area contributed by atoms with Crippen LogP contribution in [0.25, 0.3) is 0 Å². The number of anilines is 1. The van der Waals surface area contributed by atoms with Crippen molar-refractivity contribution in [2.75, 3.05) is 44.7 Å². The fraction of sp³-hybridized carbons (Fsp3) is 0.625. The summed E-state index contributed by atoms with van der Waals surface area (Å²) in [5, 5.41) is 0. The van der Waals surface area contributed by atoms with Crippen molar-refractivity contribution < 1.29 is 9.59 Å². The Labute approximate surface area is 137 Å². The van der Waals surface area contributed by atoms with Crippen LogP contribution in [0.15, 0.2) is 12.4 Å². The fourth-order valence-corrected chi connectivity index (χ4v) is 2.54. The summed E-state index contributed by atoms with van der Waals surface area (Å²) in [4.78, 5) is 37.3. The molecule has 1 aliphatic rings. The lowest BCUT2D eigenvalue weighted by Crippen LogP contribution is -2.48. The molecule has 0 radical (unpaired) electrons. The van der Waals surface area contributed by atoms with Crippen LogP contribution < -0.4 is 4.90 Å². The minimum Gasteiger partial charge on any atom is -0.365 e. The number of carbonyl (C=O) groups excluding carboxylic acids is 2. The quantitative estimate of drug-likeness (QED) is 0.763. The highest BCUT2D eigenvalue weighted by Crippen LogP contribution is 2.14. The SMILES string of the molecule is CC(=O)CCN(C)Cc1ncc(N2CCN(C(C)=O)CC2)cn1. The second-order valence-corrected chi connectivity index (χ2v) is 6.04. The minimum absolute atomic E-state index is 0.129. The molecule has 0 aliphatic carbocycles. The standard InChI is InChI=1S/C16H25N5O2/c1-13(22)4-5-19(3)12-16-17-10-15(11-18-16)21-8-6-20(7-9-21)14(2)23/h10-11H,4-9,12H2,1-3H3. The van der Waals surface area contributed by atoms with Crippen LogP contribution in [-0.2, 0) is 16.1 Å². The average molecular weight is 319 g/mol. The van der Waals surface area contributed by atoms with E-state index in [0.717, 1.165) is 37.7 Å². The van der Waals surface area contributed by atoms with Crippen molar-refractivity contribution >= 4 is 17.4 Å². The molecule has 23 heavy (non-hydrogen) atoms. The Bertz CT molecular complexity index is 538. The maximum atomic E-state index is 11.3. The lowest BCUT2D eigenvalue weighted by molar-refractivity contribution is -0.129. The van der Waals surface area contributed by atoms with Gasteiger partial charge in [-0.25, -0.2) is 9.97 Å². The average Bonchev–Trinajstić information content (AvgIpc) is 2.54. The van der Waals surface area contributed by atoms with Gasteiger partial charge in [-0.05, 0) is 14.0 Å². The zero-order valence-electron chi connectivity index (χ0n) is 14.2. The van der Waals surface area contributed by atoms with Crippen LogP contribution in [0.1, 0.15) is 26.1 Å². The molecule has 7 heteroatoms. The molecule has 126 valence electrons. The van der Waals surface area contributed by atoms with Crippen molar-refractivity contribution in [3.63, 3.8) is 0 Å². The highest BCUT2D eigenvalue weighted by Gasteiger charge is 2.19. The zero-order chi connectivity index (χ0) is 16.8. The van der Waals surface area contributed by atoms with Gasteiger partial charge in [-0.3, -0.25) is 14.5 Å². The molecule has 7 nitrogen and oxygen atoms in total. The van der Waals surface area contributed by atoms with Gasteiger partial charge in [0.2, 0.25) is 5.91 Å². The maximum Gasteiger partial charge on any atom is 0.219 e. The van der Waals surface area contributed by atoms with Gasteiger partial charge in [0.15, 0.2) is 0 Å². The van der Waals surface area contributed by atoms with E-state index in [1.165, 1.54) is 0 Å². The molecule has 2 rings (SSSR count). The van der Waals surface area contributed by atoms with Crippen molar-refractivity contribution in [2.45, 2.75) is 26.8 Å². The number of piperazine rings is 1. The van der Waals surface area contributed by atoms with Gasteiger partial charge in [-0.1, -0.05) is 0 Å². The van der Waals surface area contributed by atoms with E-state index in [1.807, 2.05) is 29.2 Å². The van der Waals surface area contributed by atoms with E-state index in [9.17, 15) is 9.59 Å². The molecular formula is C16H25N5O2. The molecule has 0 saturated carbocycles. The predicted octanol–water partition coefficient (Wildman–Crippen LogP) is 0.556. The van der Waals surface area contributed by atoms with Gasteiger partial charge in [0.1, 0.15) is 11.6 Å². The van der Waals surface area contributed by atoms with Gasteiger partial charge in [0.05, 0.1) is 24.6 Å². The van der Waals surface area contributed by atoms with Crippen LogP contribution in [-0.4, -0.2) is 71.2 Å². The molecular weight excluding hydrogens is 294 g/mol. The zero-order valence-corrected chi connectivity index (χ0v) is 14.2. The van der Waals surface area contributed by atoms with Crippen LogP contribution in [0.3, 0.4) is 0 Å². The van der Waals surface area contributed by atoms with E-state index in [0.29, 0.717) is 19.5 Å². The van der Waals surface area contributed by atoms with Crippen LogP contribution in [0, 0.1) is 0 Å². The molecule has 0 aromatic carbocycles. The van der Waals surface area contributed by atoms with E-state index < -0.39 is 0 Å². The van der Waals surface area contributed by atoms with Crippen molar-refractivity contribution in [1.29, 1.82) is 0 Å². The van der Waals surface area contributed by atoms with E-state index in [1.54, 1.807) is 13.8 Å². The maximum absolute atomic E-state index is 11.3. The summed E-state index contributed by atoms with van der Waals surface area (Å²) in [5.41, 5.74) is 0.989. The molecule has 1 fully saturated rings. The Morgan fingerprint density at radius 1 is 1.13 bits per heavy atom. The lowest BCUT2D eigenvalue weighted by Gasteiger charge is -2.35. The van der Waals surface area contributed by atoms with E-state index in [-0.39, 0.29) is 11.7 Å². The molecule has 2 heterocycles. The number of hydrogen-bond acceptors (Lipinski definition) is 6. The number of Topliss-reactive ketones (excluding diaryl/α,β-unsaturated/α-hetero) is 1. The van der Waals surface area contributed by atoms with Crippen LogP contribution >= 0.6 is 0 Å². The molecule has 0 bridgehead atoms. The van der Waals surface area contributed by atoms with Crippen molar-refractivity contribution in [1.82, 2.24) is 19.8 Å². The number of ketones is 1. The Morgan fingerprint density at radius 2 is 1.74 bits per heavy atom. The normalized spacial score (nSPS) is 15.1. The summed E-state index contributed by atoms with van der Waals surface area (Å²) < 4.78 is 0. The molecule has 0 atom stereocenters. The summed E-state index contributed by atoms with van der Waals surface area (Å²) in [6.07, 6.45) is 4.23. The number of nitrogens with zero attached hydrogens (tertiary/aromatic N) is 5. The Balaban J connectivity index is 1.85. The highest BCUT2D eigenvalue weighted by atomic mass is 16.2. The van der Waals surface area contributed by atoms with Crippen LogP contribution in [0.5, 0.6) is 0 Å². The molecule has 1 amide bonds. The lowest BCUT2D eigenvalue weighted by atomic mass is 10.3. The fourth-order valence-electron chi connectivity index (χ4n) is 2.54. The summed E-state index contributed by atoms with van der Waals surface area (Å²) in [7, 11) is 1.96. The number of rotatable bonds is 6. The second kappa shape index (κ2) is 8.01. The van der Waals surface area contributed by atoms with Crippen LogP contribution in [0.4, 0.5) is 5.69 Å². The topological polar surface area (TPSA) is 69.6 Å². The first-order chi connectivity index (χ1) is 11.0. The Kier molecular flexibility index (Phi) is 6.04. The van der Waals surface area contributed by atoms with Gasteiger partial charge < -0.3 is 9.80 Å².